The second-order valence-electron chi connectivity index (χ2n) is 5.01. The van der Waals surface area contributed by atoms with Gasteiger partial charge in [-0.2, -0.15) is 0 Å². The van der Waals surface area contributed by atoms with Crippen molar-refractivity contribution in [2.45, 2.75) is 52.1 Å². The largest absolute Gasteiger partial charge is 0.393 e. The molecular weight excluding hydrogens is 172 g/mol. The lowest BCUT2D eigenvalue weighted by molar-refractivity contribution is 0.0695. The van der Waals surface area contributed by atoms with Crippen LogP contribution in [0.4, 0.5) is 0 Å². The third kappa shape index (κ3) is 3.13. The predicted molar refractivity (Wildman–Crippen MR) is 61.1 cm³/mol. The molecule has 1 unspecified atom stereocenters. The summed E-state index contributed by atoms with van der Waals surface area (Å²) in [6.07, 6.45) is 7.47. The highest BCUT2D eigenvalue weighted by atomic mass is 16.3. The van der Waals surface area contributed by atoms with E-state index in [4.69, 9.17) is 0 Å². The molecule has 0 bridgehead atoms. The zero-order valence-corrected chi connectivity index (χ0v) is 9.58. The van der Waals surface area contributed by atoms with Crippen LogP contribution in [0.25, 0.3) is 0 Å². The molecule has 1 fully saturated rings. The summed E-state index contributed by atoms with van der Waals surface area (Å²) < 4.78 is 0. The van der Waals surface area contributed by atoms with Gasteiger partial charge in [-0.15, -0.1) is 6.58 Å². The van der Waals surface area contributed by atoms with Crippen molar-refractivity contribution in [3.05, 3.63) is 12.7 Å². The standard InChI is InChI=1S/C13H24O/c1-4-5-13(14)12-8-6-11(7-9-12)10(2)3/h4,10-14H,1,5-9H2,2-3H3. The Morgan fingerprint density at radius 3 is 2.14 bits per heavy atom. The third-order valence-electron chi connectivity index (χ3n) is 3.71. The van der Waals surface area contributed by atoms with Crippen LogP contribution in [0.15, 0.2) is 12.7 Å². The normalized spacial score (nSPS) is 30.3. The SMILES string of the molecule is C=CCC(O)C1CCC(C(C)C)CC1. The average molecular weight is 196 g/mol. The molecule has 1 aliphatic carbocycles. The van der Waals surface area contributed by atoms with Crippen LogP contribution in [0.2, 0.25) is 0 Å². The summed E-state index contributed by atoms with van der Waals surface area (Å²) >= 11 is 0. The highest BCUT2D eigenvalue weighted by molar-refractivity contribution is 4.82. The fourth-order valence-electron chi connectivity index (χ4n) is 2.56. The molecule has 0 aromatic rings. The monoisotopic (exact) mass is 196 g/mol. The Bertz CT molecular complexity index is 166. The van der Waals surface area contributed by atoms with E-state index in [0.717, 1.165) is 18.3 Å². The van der Waals surface area contributed by atoms with E-state index >= 15 is 0 Å². The minimum atomic E-state index is -0.138. The van der Waals surface area contributed by atoms with Gasteiger partial charge in [0.15, 0.2) is 0 Å². The van der Waals surface area contributed by atoms with E-state index in [-0.39, 0.29) is 6.10 Å². The first-order valence-electron chi connectivity index (χ1n) is 5.94. The Hall–Kier alpha value is -0.300. The van der Waals surface area contributed by atoms with Gasteiger partial charge >= 0.3 is 0 Å². The molecule has 14 heavy (non-hydrogen) atoms. The minimum absolute atomic E-state index is 0.138. The molecule has 1 N–H and O–H groups in total. The second-order valence-corrected chi connectivity index (χ2v) is 5.01. The van der Waals surface area contributed by atoms with Gasteiger partial charge < -0.3 is 5.11 Å². The van der Waals surface area contributed by atoms with Crippen molar-refractivity contribution in [1.82, 2.24) is 0 Å². The van der Waals surface area contributed by atoms with Crippen LogP contribution in [0.3, 0.4) is 0 Å². The van der Waals surface area contributed by atoms with Crippen LogP contribution in [0.1, 0.15) is 46.0 Å². The number of aliphatic hydroxyl groups excluding tert-OH is 1. The number of aliphatic hydroxyl groups is 1. The van der Waals surface area contributed by atoms with Crippen molar-refractivity contribution in [3.8, 4) is 0 Å². The van der Waals surface area contributed by atoms with Crippen molar-refractivity contribution in [2.75, 3.05) is 0 Å². The lowest BCUT2D eigenvalue weighted by Gasteiger charge is -2.33. The van der Waals surface area contributed by atoms with Gasteiger partial charge in [-0.1, -0.05) is 19.9 Å². The molecule has 0 heterocycles. The molecule has 1 rings (SSSR count). The average Bonchev–Trinajstić information content (AvgIpc) is 2.18. The number of hydrogen-bond donors (Lipinski definition) is 1. The van der Waals surface area contributed by atoms with E-state index in [1.807, 2.05) is 6.08 Å². The Kier molecular flexibility index (Phi) is 4.67. The van der Waals surface area contributed by atoms with Crippen molar-refractivity contribution < 1.29 is 5.11 Å². The maximum atomic E-state index is 9.83. The molecule has 0 saturated heterocycles. The molecule has 0 amide bonds. The lowest BCUT2D eigenvalue weighted by atomic mass is 9.75. The van der Waals surface area contributed by atoms with E-state index in [9.17, 15) is 5.11 Å². The van der Waals surface area contributed by atoms with Gasteiger partial charge in [0, 0.05) is 0 Å². The van der Waals surface area contributed by atoms with Crippen LogP contribution in [-0.4, -0.2) is 11.2 Å². The number of rotatable bonds is 4. The Morgan fingerprint density at radius 1 is 1.21 bits per heavy atom. The zero-order chi connectivity index (χ0) is 10.6. The molecule has 1 atom stereocenters. The molecule has 0 radical (unpaired) electrons. The molecular formula is C13H24O. The maximum Gasteiger partial charge on any atom is 0.0602 e. The fraction of sp³-hybridized carbons (Fsp3) is 0.846. The molecule has 1 saturated carbocycles. The molecule has 1 heteroatoms. The van der Waals surface area contributed by atoms with Crippen molar-refractivity contribution in [2.24, 2.45) is 17.8 Å². The Labute approximate surface area is 88.2 Å². The van der Waals surface area contributed by atoms with Crippen LogP contribution in [-0.2, 0) is 0 Å². The Balaban J connectivity index is 2.31. The van der Waals surface area contributed by atoms with Crippen molar-refractivity contribution in [3.63, 3.8) is 0 Å². The van der Waals surface area contributed by atoms with Crippen LogP contribution in [0, 0.1) is 17.8 Å². The van der Waals surface area contributed by atoms with Crippen LogP contribution < -0.4 is 0 Å². The van der Waals surface area contributed by atoms with Crippen LogP contribution >= 0.6 is 0 Å². The molecule has 82 valence electrons. The van der Waals surface area contributed by atoms with Gasteiger partial charge in [-0.25, -0.2) is 0 Å². The summed E-state index contributed by atoms with van der Waals surface area (Å²) in [4.78, 5) is 0. The fourth-order valence-corrected chi connectivity index (χ4v) is 2.56. The predicted octanol–water partition coefficient (Wildman–Crippen LogP) is 3.39. The van der Waals surface area contributed by atoms with Gasteiger partial charge in [0.1, 0.15) is 0 Å². The second kappa shape index (κ2) is 5.55. The minimum Gasteiger partial charge on any atom is -0.393 e. The first-order valence-corrected chi connectivity index (χ1v) is 5.94. The van der Waals surface area contributed by atoms with E-state index in [0.29, 0.717) is 5.92 Å². The summed E-state index contributed by atoms with van der Waals surface area (Å²) in [7, 11) is 0. The first-order chi connectivity index (χ1) is 6.65. The molecule has 1 aliphatic rings. The molecule has 0 aromatic heterocycles. The molecule has 0 aliphatic heterocycles. The van der Waals surface area contributed by atoms with Gasteiger partial charge in [0.25, 0.3) is 0 Å². The Morgan fingerprint density at radius 2 is 1.71 bits per heavy atom. The lowest BCUT2D eigenvalue weighted by Crippen LogP contribution is -2.26. The highest BCUT2D eigenvalue weighted by Crippen LogP contribution is 2.35. The third-order valence-corrected chi connectivity index (χ3v) is 3.71. The quantitative estimate of drug-likeness (QED) is 0.683. The summed E-state index contributed by atoms with van der Waals surface area (Å²) in [6, 6.07) is 0. The van der Waals surface area contributed by atoms with E-state index in [1.54, 1.807) is 0 Å². The maximum absolute atomic E-state index is 9.83. The highest BCUT2D eigenvalue weighted by Gasteiger charge is 2.26. The molecule has 1 nitrogen and oxygen atoms in total. The number of hydrogen-bond acceptors (Lipinski definition) is 1. The van der Waals surface area contributed by atoms with Crippen molar-refractivity contribution >= 4 is 0 Å². The van der Waals surface area contributed by atoms with Gasteiger partial charge in [0.05, 0.1) is 6.10 Å². The summed E-state index contributed by atoms with van der Waals surface area (Å²) in [5.41, 5.74) is 0. The smallest absolute Gasteiger partial charge is 0.0602 e. The zero-order valence-electron chi connectivity index (χ0n) is 9.58. The van der Waals surface area contributed by atoms with Gasteiger partial charge in [-0.3, -0.25) is 0 Å². The van der Waals surface area contributed by atoms with Crippen LogP contribution in [0.5, 0.6) is 0 Å². The molecule has 0 spiro atoms. The van der Waals surface area contributed by atoms with E-state index < -0.39 is 0 Å². The first kappa shape index (κ1) is 11.8. The van der Waals surface area contributed by atoms with E-state index in [1.165, 1.54) is 25.7 Å². The van der Waals surface area contributed by atoms with Gasteiger partial charge in [0.2, 0.25) is 0 Å². The topological polar surface area (TPSA) is 20.2 Å². The molecule has 0 aromatic carbocycles. The van der Waals surface area contributed by atoms with Crippen molar-refractivity contribution in [1.29, 1.82) is 0 Å². The van der Waals surface area contributed by atoms with E-state index in [2.05, 4.69) is 20.4 Å². The summed E-state index contributed by atoms with van der Waals surface area (Å²) in [6.45, 7) is 8.30. The summed E-state index contributed by atoms with van der Waals surface area (Å²) in [5, 5.41) is 9.83. The van der Waals surface area contributed by atoms with Gasteiger partial charge in [-0.05, 0) is 49.9 Å². The summed E-state index contributed by atoms with van der Waals surface area (Å²) in [5.74, 6) is 2.23.